The summed E-state index contributed by atoms with van der Waals surface area (Å²) in [6.07, 6.45) is -4.59. The molecule has 2 nitrogen and oxygen atoms in total. The zero-order valence-electron chi connectivity index (χ0n) is 11.0. The fourth-order valence-electron chi connectivity index (χ4n) is 1.79. The molecule has 0 saturated carbocycles. The highest BCUT2D eigenvalue weighted by Gasteiger charge is 2.35. The smallest absolute Gasteiger partial charge is 0.419 e. The van der Waals surface area contributed by atoms with Crippen LogP contribution in [0.2, 0.25) is 5.02 Å². The molecule has 0 amide bonds. The van der Waals surface area contributed by atoms with Crippen molar-refractivity contribution in [2.75, 3.05) is 0 Å². The van der Waals surface area contributed by atoms with Gasteiger partial charge in [-0.05, 0) is 42.3 Å². The Hall–Kier alpha value is -1.72. The van der Waals surface area contributed by atoms with Crippen molar-refractivity contribution in [3.8, 4) is 11.5 Å². The highest BCUT2D eigenvalue weighted by Crippen LogP contribution is 2.40. The molecule has 0 atom stereocenters. The molecule has 0 radical (unpaired) electrons. The van der Waals surface area contributed by atoms with Crippen molar-refractivity contribution in [3.63, 3.8) is 0 Å². The number of aryl methyl sites for hydroxylation is 1. The van der Waals surface area contributed by atoms with Gasteiger partial charge in [0.25, 0.3) is 0 Å². The van der Waals surface area contributed by atoms with E-state index in [2.05, 4.69) is 0 Å². The van der Waals surface area contributed by atoms with E-state index in [-0.39, 0.29) is 22.1 Å². The van der Waals surface area contributed by atoms with Crippen molar-refractivity contribution in [2.45, 2.75) is 19.7 Å². The summed E-state index contributed by atoms with van der Waals surface area (Å²) in [7, 11) is 0. The lowest BCUT2D eigenvalue weighted by Crippen LogP contribution is -2.08. The van der Waals surface area contributed by atoms with Crippen LogP contribution in [0.3, 0.4) is 0 Å². The van der Waals surface area contributed by atoms with Crippen molar-refractivity contribution < 1.29 is 23.0 Å². The number of ether oxygens (including phenoxy) is 1. The van der Waals surface area contributed by atoms with Gasteiger partial charge in [0.15, 0.2) is 0 Å². The number of aliphatic hydroxyl groups is 1. The second-order valence-corrected chi connectivity index (χ2v) is 4.93. The van der Waals surface area contributed by atoms with E-state index < -0.39 is 18.3 Å². The fourth-order valence-corrected chi connectivity index (χ4v) is 1.95. The molecule has 0 aliphatic rings. The van der Waals surface area contributed by atoms with E-state index in [1.165, 1.54) is 12.1 Å². The third-order valence-corrected chi connectivity index (χ3v) is 3.15. The van der Waals surface area contributed by atoms with Crippen LogP contribution < -0.4 is 4.74 Å². The third kappa shape index (κ3) is 3.68. The Balaban J connectivity index is 2.46. The van der Waals surface area contributed by atoms with Crippen LogP contribution in [-0.4, -0.2) is 5.11 Å². The lowest BCUT2D eigenvalue weighted by molar-refractivity contribution is -0.138. The van der Waals surface area contributed by atoms with E-state index in [0.29, 0.717) is 0 Å². The SMILES string of the molecule is Cc1ccc(Cl)c(Oc2ccc(CO)cc2C(F)(F)F)c1. The minimum Gasteiger partial charge on any atom is -0.455 e. The van der Waals surface area contributed by atoms with Gasteiger partial charge < -0.3 is 9.84 Å². The summed E-state index contributed by atoms with van der Waals surface area (Å²) in [5, 5.41) is 9.18. The van der Waals surface area contributed by atoms with Gasteiger partial charge in [-0.1, -0.05) is 23.7 Å². The van der Waals surface area contributed by atoms with E-state index in [4.69, 9.17) is 21.4 Å². The summed E-state index contributed by atoms with van der Waals surface area (Å²) in [5.74, 6) is -0.203. The van der Waals surface area contributed by atoms with Crippen molar-refractivity contribution in [2.24, 2.45) is 0 Å². The van der Waals surface area contributed by atoms with Crippen LogP contribution in [0.15, 0.2) is 36.4 Å². The molecule has 1 N–H and O–H groups in total. The molecule has 0 heterocycles. The number of aliphatic hydroxyl groups excluding tert-OH is 1. The highest BCUT2D eigenvalue weighted by molar-refractivity contribution is 6.32. The normalized spacial score (nSPS) is 11.5. The largest absolute Gasteiger partial charge is 0.455 e. The summed E-state index contributed by atoms with van der Waals surface area (Å²) < 4.78 is 44.5. The maximum absolute atomic E-state index is 13.1. The number of rotatable bonds is 3. The van der Waals surface area contributed by atoms with E-state index >= 15 is 0 Å². The fraction of sp³-hybridized carbons (Fsp3) is 0.200. The lowest BCUT2D eigenvalue weighted by atomic mass is 10.1. The average Bonchev–Trinajstić information content (AvgIpc) is 2.42. The van der Waals surface area contributed by atoms with Crippen LogP contribution in [-0.2, 0) is 12.8 Å². The van der Waals surface area contributed by atoms with E-state index in [1.54, 1.807) is 25.1 Å². The molecule has 0 aliphatic heterocycles. The van der Waals surface area contributed by atoms with Gasteiger partial charge in [0.2, 0.25) is 0 Å². The molecule has 2 rings (SSSR count). The molecule has 0 aliphatic carbocycles. The van der Waals surface area contributed by atoms with Crippen LogP contribution in [0.4, 0.5) is 13.2 Å². The first kappa shape index (κ1) is 15.7. The van der Waals surface area contributed by atoms with Crippen molar-refractivity contribution in [3.05, 3.63) is 58.1 Å². The minimum atomic E-state index is -4.59. The molecule has 2 aromatic rings. The Kier molecular flexibility index (Phi) is 4.44. The standard InChI is InChI=1S/C15H12ClF3O2/c1-9-2-4-12(16)14(6-9)21-13-5-3-10(8-20)7-11(13)15(17,18)19/h2-7,20H,8H2,1H3. The van der Waals surface area contributed by atoms with Gasteiger partial charge in [0.05, 0.1) is 17.2 Å². The summed E-state index contributed by atoms with van der Waals surface area (Å²) >= 11 is 5.93. The number of alkyl halides is 3. The van der Waals surface area contributed by atoms with E-state index in [9.17, 15) is 13.2 Å². The quantitative estimate of drug-likeness (QED) is 0.868. The maximum Gasteiger partial charge on any atom is 0.419 e. The molecular weight excluding hydrogens is 305 g/mol. The van der Waals surface area contributed by atoms with Crippen molar-refractivity contribution in [1.82, 2.24) is 0 Å². The predicted octanol–water partition coefficient (Wildman–Crippen LogP) is 4.95. The Morgan fingerprint density at radius 1 is 1.10 bits per heavy atom. The maximum atomic E-state index is 13.1. The predicted molar refractivity (Wildman–Crippen MR) is 73.6 cm³/mol. The van der Waals surface area contributed by atoms with Crippen LogP contribution >= 0.6 is 11.6 Å². The third-order valence-electron chi connectivity index (χ3n) is 2.84. The van der Waals surface area contributed by atoms with E-state index in [1.807, 2.05) is 0 Å². The molecule has 0 saturated heterocycles. The summed E-state index contributed by atoms with van der Waals surface area (Å²) in [4.78, 5) is 0. The zero-order chi connectivity index (χ0) is 15.6. The topological polar surface area (TPSA) is 29.5 Å². The first-order valence-corrected chi connectivity index (χ1v) is 6.44. The Bertz CT molecular complexity index is 654. The monoisotopic (exact) mass is 316 g/mol. The van der Waals surface area contributed by atoms with Crippen molar-refractivity contribution in [1.29, 1.82) is 0 Å². The number of hydrogen-bond acceptors (Lipinski definition) is 2. The highest BCUT2D eigenvalue weighted by atomic mass is 35.5. The molecule has 112 valence electrons. The average molecular weight is 317 g/mol. The molecule has 0 bridgehead atoms. The lowest BCUT2D eigenvalue weighted by Gasteiger charge is -2.15. The number of halogens is 4. The van der Waals surface area contributed by atoms with Gasteiger partial charge in [0, 0.05) is 0 Å². The van der Waals surface area contributed by atoms with Gasteiger partial charge in [-0.15, -0.1) is 0 Å². The zero-order valence-corrected chi connectivity index (χ0v) is 11.8. The summed E-state index contributed by atoms with van der Waals surface area (Å²) in [6.45, 7) is 1.30. The van der Waals surface area contributed by atoms with Crippen LogP contribution in [0, 0.1) is 6.92 Å². The molecule has 0 spiro atoms. The van der Waals surface area contributed by atoms with Crippen LogP contribution in [0.5, 0.6) is 11.5 Å². The minimum absolute atomic E-state index is 0.152. The first-order valence-electron chi connectivity index (χ1n) is 6.06. The first-order chi connectivity index (χ1) is 9.81. The Labute approximate surface area is 124 Å². The summed E-state index contributed by atoms with van der Waals surface area (Å²) in [5.41, 5.74) is 0.0200. The molecule has 2 aromatic carbocycles. The molecule has 21 heavy (non-hydrogen) atoms. The van der Waals surface area contributed by atoms with Gasteiger partial charge in [-0.25, -0.2) is 0 Å². The van der Waals surface area contributed by atoms with Crippen LogP contribution in [0.25, 0.3) is 0 Å². The van der Waals surface area contributed by atoms with Crippen LogP contribution in [0.1, 0.15) is 16.7 Å². The number of hydrogen-bond donors (Lipinski definition) is 1. The van der Waals surface area contributed by atoms with Crippen molar-refractivity contribution >= 4 is 11.6 Å². The Morgan fingerprint density at radius 3 is 2.43 bits per heavy atom. The van der Waals surface area contributed by atoms with Gasteiger partial charge >= 0.3 is 6.18 Å². The Morgan fingerprint density at radius 2 is 1.81 bits per heavy atom. The summed E-state index contributed by atoms with van der Waals surface area (Å²) in [6, 6.07) is 8.25. The molecule has 0 fully saturated rings. The molecule has 0 aromatic heterocycles. The van der Waals surface area contributed by atoms with E-state index in [0.717, 1.165) is 11.6 Å². The second-order valence-electron chi connectivity index (χ2n) is 4.52. The van der Waals surface area contributed by atoms with Gasteiger partial charge in [0.1, 0.15) is 11.5 Å². The molecule has 0 unspecified atom stereocenters. The van der Waals surface area contributed by atoms with Gasteiger partial charge in [-0.2, -0.15) is 13.2 Å². The molecular formula is C15H12ClF3O2. The second kappa shape index (κ2) is 5.95. The number of benzene rings is 2. The molecule has 6 heteroatoms. The van der Waals surface area contributed by atoms with Gasteiger partial charge in [-0.3, -0.25) is 0 Å².